The van der Waals surface area contributed by atoms with Gasteiger partial charge in [-0.3, -0.25) is 0 Å². The van der Waals surface area contributed by atoms with Crippen LogP contribution in [-0.4, -0.2) is 60.6 Å². The van der Waals surface area contributed by atoms with Gasteiger partial charge in [0.15, 0.2) is 0 Å². The Hall–Kier alpha value is -1.14. The van der Waals surface area contributed by atoms with Gasteiger partial charge >= 0.3 is 0 Å². The number of nitrogens with one attached hydrogen (secondary N) is 1. The molecule has 3 N–H and O–H groups in total. The number of aliphatic hydroxyl groups excluding tert-OH is 2. The lowest BCUT2D eigenvalue weighted by molar-refractivity contribution is 0.0979. The van der Waals surface area contributed by atoms with Crippen LogP contribution >= 0.6 is 0 Å². The number of rotatable bonds is 6. The third kappa shape index (κ3) is 2.76. The quantitative estimate of drug-likeness (QED) is 0.718. The molecule has 2 aliphatic heterocycles. The van der Waals surface area contributed by atoms with Crippen LogP contribution in [0, 0.1) is 11.8 Å². The first-order chi connectivity index (χ1) is 12.7. The summed E-state index contributed by atoms with van der Waals surface area (Å²) in [7, 11) is 1.76. The lowest BCUT2D eigenvalue weighted by Gasteiger charge is -2.34. The Morgan fingerprint density at radius 1 is 1.23 bits per heavy atom. The van der Waals surface area contributed by atoms with Crippen molar-refractivity contribution in [2.24, 2.45) is 11.8 Å². The maximum atomic E-state index is 10.3. The van der Waals surface area contributed by atoms with Crippen molar-refractivity contribution in [2.75, 3.05) is 40.0 Å². The maximum Gasteiger partial charge on any atom is 0.123 e. The zero-order valence-electron chi connectivity index (χ0n) is 16.0. The summed E-state index contributed by atoms with van der Waals surface area (Å²) in [6, 6.07) is 4.74. The van der Waals surface area contributed by atoms with E-state index in [0.29, 0.717) is 18.3 Å². The van der Waals surface area contributed by atoms with E-state index in [-0.39, 0.29) is 19.3 Å². The molecule has 26 heavy (non-hydrogen) atoms. The monoisotopic (exact) mass is 360 g/mol. The largest absolute Gasteiger partial charge is 0.496 e. The Morgan fingerprint density at radius 2 is 2.00 bits per heavy atom. The van der Waals surface area contributed by atoms with Gasteiger partial charge in [-0.2, -0.15) is 0 Å². The number of nitrogens with zero attached hydrogens (tertiary/aromatic N) is 1. The van der Waals surface area contributed by atoms with E-state index >= 15 is 0 Å². The van der Waals surface area contributed by atoms with Crippen LogP contribution in [0.4, 0.5) is 0 Å². The van der Waals surface area contributed by atoms with E-state index in [2.05, 4.69) is 29.3 Å². The number of fused-ring (bicyclic) bond motifs is 2. The van der Waals surface area contributed by atoms with Crippen molar-refractivity contribution in [1.29, 1.82) is 0 Å². The van der Waals surface area contributed by atoms with Gasteiger partial charge < -0.3 is 25.2 Å². The highest BCUT2D eigenvalue weighted by Gasteiger charge is 2.56. The molecule has 0 saturated carbocycles. The summed E-state index contributed by atoms with van der Waals surface area (Å²) < 4.78 is 5.78. The van der Waals surface area contributed by atoms with Crippen LogP contribution in [-0.2, 0) is 12.8 Å². The third-order valence-electron chi connectivity index (χ3n) is 7.09. The molecule has 1 aromatic rings. The minimum atomic E-state index is -0.405. The second-order valence-corrected chi connectivity index (χ2v) is 8.25. The standard InChI is InChI=1S/C21H32N2O3/c1-3-23-11-17-18(12-23)21(13-25,7-8-24)22-20(17)16-9-14-5-4-6-15(14)10-19(16)26-2/h9-10,17-18,20,22,24-25H,3-8,11-13H2,1-2H3/t17-,18+,20-,21+/m1/s1. The number of benzene rings is 1. The molecule has 0 bridgehead atoms. The van der Waals surface area contributed by atoms with Gasteiger partial charge in [-0.25, -0.2) is 0 Å². The summed E-state index contributed by atoms with van der Waals surface area (Å²) in [5.74, 6) is 1.75. The lowest BCUT2D eigenvalue weighted by Crippen LogP contribution is -2.51. The van der Waals surface area contributed by atoms with Gasteiger partial charge in [-0.05, 0) is 61.3 Å². The van der Waals surface area contributed by atoms with Crippen molar-refractivity contribution < 1.29 is 14.9 Å². The highest BCUT2D eigenvalue weighted by Crippen LogP contribution is 2.50. The number of aliphatic hydroxyl groups is 2. The SMILES string of the molecule is CCN1C[C@H]2[C@@H](c3cc4c(cc3OC)CCC4)N[C@](CO)(CCO)[C@H]2C1. The van der Waals surface area contributed by atoms with Crippen LogP contribution < -0.4 is 10.1 Å². The maximum absolute atomic E-state index is 10.3. The number of hydrogen-bond donors (Lipinski definition) is 3. The van der Waals surface area contributed by atoms with Crippen LogP contribution in [0.15, 0.2) is 12.1 Å². The summed E-state index contributed by atoms with van der Waals surface area (Å²) >= 11 is 0. The molecule has 2 fully saturated rings. The van der Waals surface area contributed by atoms with E-state index in [1.54, 1.807) is 7.11 Å². The Kier molecular flexibility index (Phi) is 4.99. The van der Waals surface area contributed by atoms with E-state index in [9.17, 15) is 10.2 Å². The van der Waals surface area contributed by atoms with E-state index in [1.807, 2.05) is 0 Å². The molecule has 1 aliphatic carbocycles. The molecule has 1 aromatic carbocycles. The molecule has 2 heterocycles. The fourth-order valence-electron chi connectivity index (χ4n) is 5.67. The summed E-state index contributed by atoms with van der Waals surface area (Å²) in [6.45, 7) is 5.41. The molecular formula is C21H32N2O3. The summed E-state index contributed by atoms with van der Waals surface area (Å²) in [5, 5.41) is 23.7. The molecule has 2 saturated heterocycles. The zero-order valence-corrected chi connectivity index (χ0v) is 16.0. The molecule has 0 radical (unpaired) electrons. The normalized spacial score (nSPS) is 33.5. The van der Waals surface area contributed by atoms with E-state index in [0.717, 1.165) is 38.2 Å². The number of methoxy groups -OCH3 is 1. The predicted molar refractivity (Wildman–Crippen MR) is 102 cm³/mol. The molecule has 4 atom stereocenters. The Labute approximate surface area is 156 Å². The molecular weight excluding hydrogens is 328 g/mol. The average molecular weight is 360 g/mol. The van der Waals surface area contributed by atoms with Gasteiger partial charge in [-0.15, -0.1) is 0 Å². The van der Waals surface area contributed by atoms with Crippen molar-refractivity contribution in [2.45, 2.75) is 44.2 Å². The first kappa shape index (κ1) is 18.2. The van der Waals surface area contributed by atoms with Crippen molar-refractivity contribution in [3.8, 4) is 5.75 Å². The van der Waals surface area contributed by atoms with Crippen LogP contribution in [0.25, 0.3) is 0 Å². The molecule has 0 amide bonds. The minimum absolute atomic E-state index is 0.0655. The van der Waals surface area contributed by atoms with Gasteiger partial charge in [0.2, 0.25) is 0 Å². The number of ether oxygens (including phenoxy) is 1. The van der Waals surface area contributed by atoms with E-state index in [1.165, 1.54) is 23.1 Å². The third-order valence-corrected chi connectivity index (χ3v) is 7.09. The smallest absolute Gasteiger partial charge is 0.123 e. The topological polar surface area (TPSA) is 65.0 Å². The fraction of sp³-hybridized carbons (Fsp3) is 0.714. The zero-order chi connectivity index (χ0) is 18.3. The molecule has 5 nitrogen and oxygen atoms in total. The molecule has 3 aliphatic rings. The molecule has 0 unspecified atom stereocenters. The molecule has 4 rings (SSSR count). The summed E-state index contributed by atoms with van der Waals surface area (Å²) in [5.41, 5.74) is 3.70. The highest BCUT2D eigenvalue weighted by atomic mass is 16.5. The van der Waals surface area contributed by atoms with Gasteiger partial charge in [0.25, 0.3) is 0 Å². The highest BCUT2D eigenvalue weighted by molar-refractivity contribution is 5.47. The number of aryl methyl sites for hydroxylation is 2. The van der Waals surface area contributed by atoms with Gasteiger partial charge in [0.1, 0.15) is 5.75 Å². The molecule has 5 heteroatoms. The second-order valence-electron chi connectivity index (χ2n) is 8.25. The number of hydrogen-bond acceptors (Lipinski definition) is 5. The van der Waals surface area contributed by atoms with Gasteiger partial charge in [0.05, 0.1) is 13.7 Å². The summed E-state index contributed by atoms with van der Waals surface area (Å²) in [6.07, 6.45) is 4.10. The van der Waals surface area contributed by atoms with Crippen LogP contribution in [0.5, 0.6) is 5.75 Å². The van der Waals surface area contributed by atoms with Gasteiger partial charge in [0, 0.05) is 36.8 Å². The van der Waals surface area contributed by atoms with E-state index < -0.39 is 5.54 Å². The fourth-order valence-corrected chi connectivity index (χ4v) is 5.67. The molecule has 144 valence electrons. The van der Waals surface area contributed by atoms with Gasteiger partial charge in [-0.1, -0.05) is 13.0 Å². The Balaban J connectivity index is 1.74. The summed E-state index contributed by atoms with van der Waals surface area (Å²) in [4.78, 5) is 2.48. The first-order valence-corrected chi connectivity index (χ1v) is 10.1. The van der Waals surface area contributed by atoms with Crippen LogP contribution in [0.3, 0.4) is 0 Å². The first-order valence-electron chi connectivity index (χ1n) is 10.1. The Morgan fingerprint density at radius 3 is 2.65 bits per heavy atom. The van der Waals surface area contributed by atoms with E-state index in [4.69, 9.17) is 4.74 Å². The van der Waals surface area contributed by atoms with Crippen molar-refractivity contribution in [3.63, 3.8) is 0 Å². The number of likely N-dealkylation sites (tertiary alicyclic amines) is 1. The minimum Gasteiger partial charge on any atom is -0.496 e. The Bertz CT molecular complexity index is 665. The lowest BCUT2D eigenvalue weighted by atomic mass is 9.78. The molecule has 0 spiro atoms. The predicted octanol–water partition coefficient (Wildman–Crippen LogP) is 1.51. The average Bonchev–Trinajstić information content (AvgIpc) is 3.35. The van der Waals surface area contributed by atoms with Crippen molar-refractivity contribution in [3.05, 3.63) is 28.8 Å². The second kappa shape index (κ2) is 7.12. The van der Waals surface area contributed by atoms with Crippen molar-refractivity contribution in [1.82, 2.24) is 10.2 Å². The molecule has 0 aromatic heterocycles. The van der Waals surface area contributed by atoms with Crippen molar-refractivity contribution >= 4 is 0 Å². The van der Waals surface area contributed by atoms with Crippen LogP contribution in [0.1, 0.15) is 42.5 Å². The van der Waals surface area contributed by atoms with Crippen LogP contribution in [0.2, 0.25) is 0 Å².